The number of carbonyl (C=O) groups is 1. The highest BCUT2D eigenvalue weighted by atomic mass is 35.5. The van der Waals surface area contributed by atoms with E-state index in [1.54, 1.807) is 31.2 Å². The van der Waals surface area contributed by atoms with Crippen molar-refractivity contribution in [2.45, 2.75) is 31.7 Å². The normalized spacial score (nSPS) is 20.2. The molecule has 0 radical (unpaired) electrons. The van der Waals surface area contributed by atoms with Crippen molar-refractivity contribution in [2.75, 3.05) is 12.8 Å². The average Bonchev–Trinajstić information content (AvgIpc) is 2.89. The van der Waals surface area contributed by atoms with Gasteiger partial charge in [0, 0.05) is 40.7 Å². The number of fused-ring (bicyclic) bond motifs is 3. The Morgan fingerprint density at radius 2 is 1.88 bits per heavy atom. The van der Waals surface area contributed by atoms with Gasteiger partial charge in [0.25, 0.3) is 0 Å². The van der Waals surface area contributed by atoms with Gasteiger partial charge in [-0.25, -0.2) is 12.8 Å². The van der Waals surface area contributed by atoms with Gasteiger partial charge in [-0.3, -0.25) is 4.99 Å². The van der Waals surface area contributed by atoms with E-state index >= 15 is 0 Å². The number of benzene rings is 2. The van der Waals surface area contributed by atoms with Crippen LogP contribution in [0.15, 0.2) is 59.2 Å². The van der Waals surface area contributed by atoms with E-state index in [0.29, 0.717) is 16.3 Å². The predicted octanol–water partition coefficient (Wildman–Crippen LogP) is 4.43. The summed E-state index contributed by atoms with van der Waals surface area (Å²) >= 11 is 6.57. The van der Waals surface area contributed by atoms with Crippen LogP contribution in [0.25, 0.3) is 5.57 Å². The Hall–Kier alpha value is -2.77. The molecule has 0 saturated heterocycles. The van der Waals surface area contributed by atoms with Gasteiger partial charge in [-0.2, -0.15) is 0 Å². The lowest BCUT2D eigenvalue weighted by molar-refractivity contribution is -0.110. The Bertz CT molecular complexity index is 1310. The summed E-state index contributed by atoms with van der Waals surface area (Å²) < 4.78 is 38.3. The number of hydrogen-bond acceptors (Lipinski definition) is 5. The van der Waals surface area contributed by atoms with Crippen LogP contribution in [-0.4, -0.2) is 50.2 Å². The zero-order valence-electron chi connectivity index (χ0n) is 18.5. The van der Waals surface area contributed by atoms with E-state index in [-0.39, 0.29) is 23.4 Å². The molecule has 8 heteroatoms. The van der Waals surface area contributed by atoms with E-state index in [1.165, 1.54) is 12.1 Å². The molecule has 2 aromatic carbocycles. The molecule has 0 aromatic heterocycles. The second kappa shape index (κ2) is 8.88. The summed E-state index contributed by atoms with van der Waals surface area (Å²) in [5, 5.41) is 0.330. The number of hydrogen-bond donors (Lipinski definition) is 0. The molecule has 0 amide bonds. The summed E-state index contributed by atoms with van der Waals surface area (Å²) in [5.41, 5.74) is 5.08. The zero-order valence-corrected chi connectivity index (χ0v) is 20.1. The maximum Gasteiger partial charge on any atom is 0.154 e. The first-order chi connectivity index (χ1) is 15.6. The predicted molar refractivity (Wildman–Crippen MR) is 130 cm³/mol. The molecule has 0 spiro atoms. The molecule has 0 bridgehead atoms. The number of nitrogens with zero attached hydrogens (tertiary/aromatic N) is 2. The molecule has 172 valence electrons. The largest absolute Gasteiger partial charge is 0.367 e. The fourth-order valence-corrected chi connectivity index (χ4v) is 5.36. The molecule has 0 saturated carbocycles. The van der Waals surface area contributed by atoms with Crippen LogP contribution < -0.4 is 0 Å². The maximum atomic E-state index is 13.6. The molecule has 2 heterocycles. The van der Waals surface area contributed by atoms with E-state index in [0.717, 1.165) is 34.1 Å². The van der Waals surface area contributed by atoms with Gasteiger partial charge in [0.05, 0.1) is 17.5 Å². The molecule has 2 aliphatic rings. The van der Waals surface area contributed by atoms with E-state index in [4.69, 9.17) is 16.6 Å². The van der Waals surface area contributed by atoms with Crippen LogP contribution in [0.3, 0.4) is 0 Å². The van der Waals surface area contributed by atoms with Gasteiger partial charge in [0.1, 0.15) is 18.1 Å². The number of likely N-dealkylation sites (N-methyl/N-ethyl adjacent to an activating group) is 1. The minimum absolute atomic E-state index is 0.0112. The Morgan fingerprint density at radius 1 is 1.18 bits per heavy atom. The quantitative estimate of drug-likeness (QED) is 0.586. The average molecular weight is 487 g/mol. The second-order valence-electron chi connectivity index (χ2n) is 8.28. The third-order valence-electron chi connectivity index (χ3n) is 6.04. The molecule has 2 aromatic rings. The smallest absolute Gasteiger partial charge is 0.154 e. The fraction of sp³-hybridized carbons (Fsp3) is 0.280. The van der Waals surface area contributed by atoms with Crippen molar-refractivity contribution in [1.82, 2.24) is 4.90 Å². The van der Waals surface area contributed by atoms with Gasteiger partial charge in [0.2, 0.25) is 0 Å². The van der Waals surface area contributed by atoms with E-state index < -0.39 is 15.9 Å². The number of sulfone groups is 1. The van der Waals surface area contributed by atoms with Crippen LogP contribution in [0.5, 0.6) is 0 Å². The van der Waals surface area contributed by atoms with Crippen molar-refractivity contribution in [3.63, 3.8) is 0 Å². The number of aldehydes is 1. The molecule has 0 aliphatic carbocycles. The van der Waals surface area contributed by atoms with Gasteiger partial charge < -0.3 is 9.69 Å². The van der Waals surface area contributed by atoms with Crippen LogP contribution in [0.2, 0.25) is 5.02 Å². The zero-order chi connectivity index (χ0) is 23.9. The SMILES string of the molecule is CCS(=O)(=O)Cc1cc2c(cc1Cl)C(c1ccc(F)cc1)=N[C@@H](C)C1=CC(C=O)N(C)C=C12. The first-order valence-corrected chi connectivity index (χ1v) is 12.8. The van der Waals surface area contributed by atoms with Crippen molar-refractivity contribution >= 4 is 39.0 Å². The lowest BCUT2D eigenvalue weighted by Crippen LogP contribution is -2.31. The number of halogens is 2. The molecular weight excluding hydrogens is 463 g/mol. The third kappa shape index (κ3) is 4.52. The third-order valence-corrected chi connectivity index (χ3v) is 8.02. The summed E-state index contributed by atoms with van der Waals surface area (Å²) in [6.07, 6.45) is 4.63. The monoisotopic (exact) mass is 486 g/mol. The standard InChI is InChI=1S/C25H24ClFN2O3S/c1-4-33(31,32)14-17-9-21-22(11-24(17)26)25(16-5-7-18(27)8-6-16)28-15(2)20-10-19(13-30)29(3)12-23(20)21/h5-13,15,19H,4,14H2,1-3H3/t15-,19?/m0/s1. The second-order valence-corrected chi connectivity index (χ2v) is 11.0. The molecule has 2 atom stereocenters. The highest BCUT2D eigenvalue weighted by molar-refractivity contribution is 7.90. The summed E-state index contributed by atoms with van der Waals surface area (Å²) in [4.78, 5) is 18.4. The van der Waals surface area contributed by atoms with Crippen molar-refractivity contribution in [1.29, 1.82) is 0 Å². The maximum absolute atomic E-state index is 13.6. The summed E-state index contributed by atoms with van der Waals surface area (Å²) in [6, 6.07) is 8.89. The topological polar surface area (TPSA) is 66.8 Å². The van der Waals surface area contributed by atoms with Crippen LogP contribution in [0, 0.1) is 5.82 Å². The van der Waals surface area contributed by atoms with Gasteiger partial charge in [0.15, 0.2) is 9.84 Å². The van der Waals surface area contributed by atoms with E-state index in [2.05, 4.69) is 0 Å². The molecule has 0 N–H and O–H groups in total. The molecule has 2 aliphatic heterocycles. The molecule has 33 heavy (non-hydrogen) atoms. The summed E-state index contributed by atoms with van der Waals surface area (Å²) in [7, 11) is -1.50. The molecule has 4 rings (SSSR count). The minimum Gasteiger partial charge on any atom is -0.367 e. The molecular formula is C25H24ClFN2O3S. The lowest BCUT2D eigenvalue weighted by atomic mass is 9.86. The highest BCUT2D eigenvalue weighted by Crippen LogP contribution is 2.39. The number of aliphatic imine (C=N–C) groups is 1. The van der Waals surface area contributed by atoms with Gasteiger partial charge in [-0.15, -0.1) is 0 Å². The molecule has 0 fully saturated rings. The van der Waals surface area contributed by atoms with Crippen LogP contribution in [0.4, 0.5) is 4.39 Å². The first-order valence-electron chi connectivity index (χ1n) is 10.6. The Balaban J connectivity index is 1.99. The minimum atomic E-state index is -3.31. The van der Waals surface area contributed by atoms with Crippen LogP contribution >= 0.6 is 11.6 Å². The fourth-order valence-electron chi connectivity index (χ4n) is 4.14. The van der Waals surface area contributed by atoms with Crippen molar-refractivity contribution in [3.05, 3.63) is 87.3 Å². The van der Waals surface area contributed by atoms with E-state index in [1.807, 2.05) is 31.1 Å². The number of carbonyl (C=O) groups excluding carboxylic acids is 1. The Morgan fingerprint density at radius 3 is 2.52 bits per heavy atom. The molecule has 5 nitrogen and oxygen atoms in total. The summed E-state index contributed by atoms with van der Waals surface area (Å²) in [5.74, 6) is -0.515. The highest BCUT2D eigenvalue weighted by Gasteiger charge is 2.30. The summed E-state index contributed by atoms with van der Waals surface area (Å²) in [6.45, 7) is 3.54. The first kappa shape index (κ1) is 23.4. The van der Waals surface area contributed by atoms with Crippen molar-refractivity contribution < 1.29 is 17.6 Å². The van der Waals surface area contributed by atoms with Crippen molar-refractivity contribution in [3.8, 4) is 0 Å². The Labute approximate surface area is 198 Å². The van der Waals surface area contributed by atoms with Crippen molar-refractivity contribution in [2.24, 2.45) is 4.99 Å². The van der Waals surface area contributed by atoms with Crippen LogP contribution in [-0.2, 0) is 20.4 Å². The van der Waals surface area contributed by atoms with Gasteiger partial charge in [-0.05, 0) is 66.1 Å². The number of rotatable bonds is 5. The Kier molecular flexibility index (Phi) is 6.29. The lowest BCUT2D eigenvalue weighted by Gasteiger charge is -2.29. The van der Waals surface area contributed by atoms with Gasteiger partial charge in [-0.1, -0.05) is 18.5 Å². The van der Waals surface area contributed by atoms with Gasteiger partial charge >= 0.3 is 0 Å². The van der Waals surface area contributed by atoms with Crippen LogP contribution in [0.1, 0.15) is 36.1 Å². The van der Waals surface area contributed by atoms with E-state index in [9.17, 15) is 17.6 Å². The molecule has 1 unspecified atom stereocenters.